The monoisotopic (exact) mass is 487 g/mol. The van der Waals surface area contributed by atoms with E-state index in [9.17, 15) is 19.5 Å². The van der Waals surface area contributed by atoms with Gasteiger partial charge in [0.25, 0.3) is 11.8 Å². The molecule has 0 bridgehead atoms. The van der Waals surface area contributed by atoms with Gasteiger partial charge < -0.3 is 24.1 Å². The quantitative estimate of drug-likeness (QED) is 0.552. The van der Waals surface area contributed by atoms with Gasteiger partial charge in [0.15, 0.2) is 17.1 Å². The van der Waals surface area contributed by atoms with E-state index in [2.05, 4.69) is 4.90 Å². The zero-order valence-electron chi connectivity index (χ0n) is 19.8. The number of aliphatic hydroxyl groups excluding tert-OH is 1. The van der Waals surface area contributed by atoms with Crippen molar-refractivity contribution in [2.24, 2.45) is 0 Å². The van der Waals surface area contributed by atoms with Crippen LogP contribution in [0.2, 0.25) is 0 Å². The van der Waals surface area contributed by atoms with Gasteiger partial charge in [-0.25, -0.2) is 0 Å². The third kappa shape index (κ3) is 3.06. The van der Waals surface area contributed by atoms with Gasteiger partial charge in [0.1, 0.15) is 5.58 Å². The number of likely N-dealkylation sites (N-methyl/N-ethyl adjacent to an activating group) is 1. The van der Waals surface area contributed by atoms with E-state index in [0.717, 1.165) is 0 Å². The Labute approximate surface area is 207 Å². The predicted octanol–water partition coefficient (Wildman–Crippen LogP) is 2.47. The highest BCUT2D eigenvalue weighted by Gasteiger charge is 2.65. The smallest absolute Gasteiger partial charge is 0.290 e. The van der Waals surface area contributed by atoms with E-state index in [0.29, 0.717) is 55.1 Å². The number of nitrogens with zero attached hydrogens (tertiary/aromatic N) is 3. The fourth-order valence-corrected chi connectivity index (χ4v) is 5.56. The topological polar surface area (TPSA) is 104 Å². The molecule has 0 radical (unpaired) electrons. The molecule has 3 aromatic rings. The van der Waals surface area contributed by atoms with Crippen LogP contribution in [0.5, 0.6) is 0 Å². The maximum atomic E-state index is 14.0. The molecule has 1 aromatic heterocycles. The number of benzene rings is 2. The molecule has 1 fully saturated rings. The summed E-state index contributed by atoms with van der Waals surface area (Å²) in [5.41, 5.74) is -0.490. The molecule has 2 amide bonds. The van der Waals surface area contributed by atoms with Crippen molar-refractivity contribution in [1.29, 1.82) is 0 Å². The van der Waals surface area contributed by atoms with Crippen LogP contribution in [0.15, 0.2) is 70.3 Å². The van der Waals surface area contributed by atoms with Crippen LogP contribution in [-0.4, -0.2) is 78.9 Å². The Morgan fingerprint density at radius 3 is 2.53 bits per heavy atom. The molecular weight excluding hydrogens is 462 g/mol. The van der Waals surface area contributed by atoms with E-state index in [4.69, 9.17) is 9.15 Å². The average molecular weight is 488 g/mol. The first-order valence-electron chi connectivity index (χ1n) is 11.9. The number of carbonyl (C=O) groups excluding carboxylic acids is 3. The molecule has 4 heterocycles. The summed E-state index contributed by atoms with van der Waals surface area (Å²) < 4.78 is 11.2. The van der Waals surface area contributed by atoms with Crippen molar-refractivity contribution < 1.29 is 28.6 Å². The summed E-state index contributed by atoms with van der Waals surface area (Å²) in [4.78, 5) is 46.4. The van der Waals surface area contributed by atoms with E-state index in [-0.39, 0.29) is 17.9 Å². The van der Waals surface area contributed by atoms with Crippen LogP contribution in [-0.2, 0) is 19.9 Å². The van der Waals surface area contributed by atoms with Crippen molar-refractivity contribution in [3.05, 3.63) is 77.3 Å². The molecule has 1 N–H and O–H groups in total. The van der Waals surface area contributed by atoms with Crippen molar-refractivity contribution >= 4 is 34.3 Å². The van der Waals surface area contributed by atoms with E-state index >= 15 is 0 Å². The Morgan fingerprint density at radius 1 is 1.03 bits per heavy atom. The number of Topliss-reactive ketones (excluding diaryl/α,β-unsaturated/α-hetero) is 1. The number of amides is 2. The fourth-order valence-electron chi connectivity index (χ4n) is 5.56. The number of morpholine rings is 1. The largest absolute Gasteiger partial charge is 0.503 e. The summed E-state index contributed by atoms with van der Waals surface area (Å²) in [5, 5.41) is 11.9. The van der Waals surface area contributed by atoms with E-state index in [1.807, 2.05) is 6.07 Å². The molecule has 184 valence electrons. The second-order valence-corrected chi connectivity index (χ2v) is 9.20. The Hall–Kier alpha value is -3.95. The van der Waals surface area contributed by atoms with E-state index < -0.39 is 28.9 Å². The SMILES string of the molecule is CN1C(=O)[C@]2(C(C(=O)c3cc4ccccc4o3)=C(O)C(=O)N2CCN2CCOCC2)c2ccccc21. The first-order valence-corrected chi connectivity index (χ1v) is 11.9. The molecule has 1 spiro atoms. The third-order valence-electron chi connectivity index (χ3n) is 7.34. The lowest BCUT2D eigenvalue weighted by molar-refractivity contribution is -0.140. The molecule has 1 atom stereocenters. The standard InChI is InChI=1S/C27H25N3O6/c1-28-19-8-4-3-7-18(19)27(26(28)34)22(23(31)21-16-17-6-2-5-9-20(17)36-21)24(32)25(33)30(27)11-10-29-12-14-35-15-13-29/h2-9,16,32H,10-15H2,1H3/t27-/m1/s1. The number of rotatable bonds is 5. The summed E-state index contributed by atoms with van der Waals surface area (Å²) >= 11 is 0. The predicted molar refractivity (Wildman–Crippen MR) is 131 cm³/mol. The molecule has 0 unspecified atom stereocenters. The molecule has 6 rings (SSSR count). The number of furan rings is 1. The molecule has 36 heavy (non-hydrogen) atoms. The molecule has 9 heteroatoms. The minimum atomic E-state index is -1.78. The maximum absolute atomic E-state index is 14.0. The zero-order valence-corrected chi connectivity index (χ0v) is 19.8. The highest BCUT2D eigenvalue weighted by Crippen LogP contribution is 2.53. The van der Waals surface area contributed by atoms with Crippen molar-refractivity contribution in [1.82, 2.24) is 9.80 Å². The number of fused-ring (bicyclic) bond motifs is 3. The van der Waals surface area contributed by atoms with Crippen LogP contribution in [0, 0.1) is 0 Å². The Bertz CT molecular complexity index is 1400. The molecule has 1 saturated heterocycles. The maximum Gasteiger partial charge on any atom is 0.290 e. The number of ether oxygens (including phenoxy) is 1. The number of carbonyl (C=O) groups is 3. The summed E-state index contributed by atoms with van der Waals surface area (Å²) in [6, 6.07) is 15.8. The summed E-state index contributed by atoms with van der Waals surface area (Å²) in [7, 11) is 1.61. The van der Waals surface area contributed by atoms with Gasteiger partial charge in [0.05, 0.1) is 18.8 Å². The van der Waals surface area contributed by atoms with Gasteiger partial charge in [-0.05, 0) is 18.2 Å². The second-order valence-electron chi connectivity index (χ2n) is 9.20. The number of aliphatic hydroxyl groups is 1. The van der Waals surface area contributed by atoms with Crippen molar-refractivity contribution in [3.8, 4) is 0 Å². The summed E-state index contributed by atoms with van der Waals surface area (Å²) in [6.07, 6.45) is 0. The lowest BCUT2D eigenvalue weighted by Gasteiger charge is -2.37. The van der Waals surface area contributed by atoms with Gasteiger partial charge in [0.2, 0.25) is 5.78 Å². The van der Waals surface area contributed by atoms with E-state index in [1.165, 1.54) is 9.80 Å². The minimum Gasteiger partial charge on any atom is -0.503 e. The number of ketones is 1. The Kier molecular flexibility index (Phi) is 5.20. The first kappa shape index (κ1) is 22.5. The van der Waals surface area contributed by atoms with Crippen molar-refractivity contribution in [3.63, 3.8) is 0 Å². The molecule has 0 aliphatic carbocycles. The van der Waals surface area contributed by atoms with Crippen LogP contribution in [0.25, 0.3) is 11.0 Å². The highest BCUT2D eigenvalue weighted by atomic mass is 16.5. The van der Waals surface area contributed by atoms with E-state index in [1.54, 1.807) is 55.6 Å². The number of hydrogen-bond acceptors (Lipinski definition) is 7. The molecule has 3 aliphatic heterocycles. The normalized spacial score (nSPS) is 22.4. The van der Waals surface area contributed by atoms with Crippen LogP contribution < -0.4 is 4.90 Å². The van der Waals surface area contributed by atoms with Gasteiger partial charge in [0, 0.05) is 49.9 Å². The number of hydrogen-bond donors (Lipinski definition) is 1. The van der Waals surface area contributed by atoms with Crippen molar-refractivity contribution in [2.45, 2.75) is 5.54 Å². The van der Waals surface area contributed by atoms with Crippen molar-refractivity contribution in [2.75, 3.05) is 51.3 Å². The lowest BCUT2D eigenvalue weighted by Crippen LogP contribution is -2.55. The molecule has 3 aliphatic rings. The molecule has 2 aromatic carbocycles. The van der Waals surface area contributed by atoms with Crippen LogP contribution >= 0.6 is 0 Å². The highest BCUT2D eigenvalue weighted by molar-refractivity contribution is 6.26. The summed E-state index contributed by atoms with van der Waals surface area (Å²) in [6.45, 7) is 3.18. The summed E-state index contributed by atoms with van der Waals surface area (Å²) in [5.74, 6) is -2.67. The van der Waals surface area contributed by atoms with Crippen LogP contribution in [0.3, 0.4) is 0 Å². The number of para-hydroxylation sites is 2. The first-order chi connectivity index (χ1) is 17.4. The van der Waals surface area contributed by atoms with Gasteiger partial charge in [-0.2, -0.15) is 0 Å². The van der Waals surface area contributed by atoms with Gasteiger partial charge in [-0.1, -0.05) is 36.4 Å². The average Bonchev–Trinajstić information content (AvgIpc) is 3.51. The second kappa shape index (κ2) is 8.32. The van der Waals surface area contributed by atoms with Crippen LogP contribution in [0.4, 0.5) is 5.69 Å². The molecule has 9 nitrogen and oxygen atoms in total. The molecular formula is C27H25N3O6. The zero-order chi connectivity index (χ0) is 25.0. The number of anilines is 1. The Morgan fingerprint density at radius 2 is 1.75 bits per heavy atom. The van der Waals surface area contributed by atoms with Crippen LogP contribution in [0.1, 0.15) is 16.1 Å². The lowest BCUT2D eigenvalue weighted by atomic mass is 9.81. The van der Waals surface area contributed by atoms with Gasteiger partial charge in [-0.15, -0.1) is 0 Å². The van der Waals surface area contributed by atoms with Gasteiger partial charge >= 0.3 is 0 Å². The molecule has 0 saturated carbocycles. The Balaban J connectivity index is 1.49. The third-order valence-corrected chi connectivity index (χ3v) is 7.34. The van der Waals surface area contributed by atoms with Gasteiger partial charge in [-0.3, -0.25) is 19.3 Å². The fraction of sp³-hybridized carbons (Fsp3) is 0.296. The minimum absolute atomic E-state index is 0.0419.